The molecular weight excluding hydrogens is 368 g/mol. The predicted octanol–water partition coefficient (Wildman–Crippen LogP) is 1.70. The van der Waals surface area contributed by atoms with Gasteiger partial charge in [-0.3, -0.25) is 9.48 Å². The molecule has 1 amide bonds. The molecule has 4 heterocycles. The Morgan fingerprint density at radius 3 is 2.55 bits per heavy atom. The molecule has 0 spiro atoms. The van der Waals surface area contributed by atoms with E-state index in [9.17, 15) is 4.79 Å². The van der Waals surface area contributed by atoms with Crippen LogP contribution in [0.2, 0.25) is 0 Å². The first-order chi connectivity index (χ1) is 14.0. The fraction of sp³-hybridized carbons (Fsp3) is 0.524. The molecule has 2 aromatic rings. The Labute approximate surface area is 170 Å². The van der Waals surface area contributed by atoms with E-state index in [0.717, 1.165) is 35.6 Å². The quantitative estimate of drug-likeness (QED) is 0.767. The summed E-state index contributed by atoms with van der Waals surface area (Å²) >= 11 is 0. The number of carbonyl (C=O) groups is 1. The number of nitrogens with zero attached hydrogens (tertiary/aromatic N) is 6. The number of piperazine rings is 1. The number of rotatable bonds is 5. The van der Waals surface area contributed by atoms with Gasteiger partial charge in [0.2, 0.25) is 5.91 Å². The minimum atomic E-state index is 0.0357. The minimum absolute atomic E-state index is 0.0357. The number of carbonyl (C=O) groups excluding carboxylic acids is 1. The van der Waals surface area contributed by atoms with E-state index in [4.69, 9.17) is 10.00 Å². The van der Waals surface area contributed by atoms with Crippen molar-refractivity contribution in [3.63, 3.8) is 0 Å². The molecule has 2 fully saturated rings. The van der Waals surface area contributed by atoms with Crippen LogP contribution in [0.3, 0.4) is 0 Å². The number of nitriles is 1. The zero-order valence-electron chi connectivity index (χ0n) is 17.1. The van der Waals surface area contributed by atoms with Gasteiger partial charge >= 0.3 is 0 Å². The van der Waals surface area contributed by atoms with Crippen LogP contribution >= 0.6 is 0 Å². The molecule has 29 heavy (non-hydrogen) atoms. The van der Waals surface area contributed by atoms with Crippen molar-refractivity contribution in [3.8, 4) is 6.07 Å². The van der Waals surface area contributed by atoms with E-state index in [2.05, 4.69) is 21.1 Å². The lowest BCUT2D eigenvalue weighted by molar-refractivity contribution is -0.137. The Morgan fingerprint density at radius 1 is 1.28 bits per heavy atom. The van der Waals surface area contributed by atoms with E-state index in [1.54, 1.807) is 12.3 Å². The molecule has 0 saturated carbocycles. The van der Waals surface area contributed by atoms with Gasteiger partial charge in [-0.1, -0.05) is 0 Å². The maximum Gasteiger partial charge on any atom is 0.248 e. The SMILES string of the molecule is Cc1nn(C)c(C)c1COCC(=O)N1CC2CCC(C1)N2c1ccc(C#N)cn1. The fourth-order valence-electron chi connectivity index (χ4n) is 4.44. The first-order valence-electron chi connectivity index (χ1n) is 9.97. The molecule has 0 aliphatic carbocycles. The summed E-state index contributed by atoms with van der Waals surface area (Å²) in [6.45, 7) is 5.83. The summed E-state index contributed by atoms with van der Waals surface area (Å²) in [6.07, 6.45) is 3.71. The summed E-state index contributed by atoms with van der Waals surface area (Å²) in [4.78, 5) is 21.4. The van der Waals surface area contributed by atoms with Gasteiger partial charge in [-0.05, 0) is 38.8 Å². The number of hydrogen-bond donors (Lipinski definition) is 0. The molecule has 0 N–H and O–H groups in total. The van der Waals surface area contributed by atoms with E-state index >= 15 is 0 Å². The predicted molar refractivity (Wildman–Crippen MR) is 107 cm³/mol. The normalized spacial score (nSPS) is 20.8. The molecule has 0 radical (unpaired) electrons. The van der Waals surface area contributed by atoms with E-state index in [0.29, 0.717) is 25.3 Å². The van der Waals surface area contributed by atoms with Gasteiger partial charge in [0.25, 0.3) is 0 Å². The van der Waals surface area contributed by atoms with Gasteiger partial charge in [-0.2, -0.15) is 10.4 Å². The Bertz CT molecular complexity index is 931. The van der Waals surface area contributed by atoms with Crippen LogP contribution < -0.4 is 4.90 Å². The Hall–Kier alpha value is -2.92. The zero-order valence-corrected chi connectivity index (χ0v) is 17.1. The van der Waals surface area contributed by atoms with Crippen LogP contribution in [0.5, 0.6) is 0 Å². The van der Waals surface area contributed by atoms with Gasteiger partial charge in [-0.15, -0.1) is 0 Å². The standard InChI is InChI=1S/C21H26N6O2/c1-14-19(15(2)25(3)24-14)12-29-13-21(28)26-10-17-5-6-18(11-26)27(17)20-7-4-16(8-22)9-23-20/h4,7,9,17-18H,5-6,10-13H2,1-3H3. The molecule has 2 aromatic heterocycles. The molecule has 2 aliphatic rings. The van der Waals surface area contributed by atoms with Crippen LogP contribution in [-0.4, -0.2) is 57.4 Å². The number of hydrogen-bond acceptors (Lipinski definition) is 6. The molecule has 8 heteroatoms. The van der Waals surface area contributed by atoms with Crippen LogP contribution in [0.4, 0.5) is 5.82 Å². The highest BCUT2D eigenvalue weighted by Gasteiger charge is 2.41. The highest BCUT2D eigenvalue weighted by molar-refractivity contribution is 5.78. The number of ether oxygens (including phenoxy) is 1. The van der Waals surface area contributed by atoms with Crippen molar-refractivity contribution in [1.29, 1.82) is 5.26 Å². The lowest BCUT2D eigenvalue weighted by Crippen LogP contribution is -2.56. The molecule has 2 atom stereocenters. The first kappa shape index (κ1) is 19.4. The monoisotopic (exact) mass is 394 g/mol. The van der Waals surface area contributed by atoms with Crippen molar-refractivity contribution in [1.82, 2.24) is 19.7 Å². The lowest BCUT2D eigenvalue weighted by Gasteiger charge is -2.41. The lowest BCUT2D eigenvalue weighted by atomic mass is 10.1. The number of aromatic nitrogens is 3. The molecular formula is C21H26N6O2. The molecule has 4 rings (SSSR count). The van der Waals surface area contributed by atoms with Crippen molar-refractivity contribution in [2.45, 2.75) is 45.4 Å². The molecule has 2 unspecified atom stereocenters. The summed E-state index contributed by atoms with van der Waals surface area (Å²) in [7, 11) is 1.91. The summed E-state index contributed by atoms with van der Waals surface area (Å²) in [5, 5.41) is 13.3. The van der Waals surface area contributed by atoms with Crippen LogP contribution in [0, 0.1) is 25.2 Å². The van der Waals surface area contributed by atoms with Crippen molar-refractivity contribution < 1.29 is 9.53 Å². The van der Waals surface area contributed by atoms with Crippen LogP contribution in [0.1, 0.15) is 35.4 Å². The number of fused-ring (bicyclic) bond motifs is 2. The van der Waals surface area contributed by atoms with Crippen LogP contribution in [0.25, 0.3) is 0 Å². The molecule has 2 bridgehead atoms. The van der Waals surface area contributed by atoms with Crippen molar-refractivity contribution in [2.75, 3.05) is 24.6 Å². The third-order valence-corrected chi connectivity index (χ3v) is 6.11. The van der Waals surface area contributed by atoms with Gasteiger partial charge in [0.15, 0.2) is 0 Å². The maximum absolute atomic E-state index is 12.7. The third-order valence-electron chi connectivity index (χ3n) is 6.11. The number of pyridine rings is 1. The van der Waals surface area contributed by atoms with Gasteiger partial charge < -0.3 is 14.5 Å². The molecule has 2 saturated heterocycles. The molecule has 0 aromatic carbocycles. The summed E-state index contributed by atoms with van der Waals surface area (Å²) in [5.41, 5.74) is 3.62. The van der Waals surface area contributed by atoms with Crippen molar-refractivity contribution in [2.24, 2.45) is 7.05 Å². The Balaban J connectivity index is 1.34. The smallest absolute Gasteiger partial charge is 0.248 e. The molecule has 152 valence electrons. The van der Waals surface area contributed by atoms with E-state index in [1.165, 1.54) is 0 Å². The number of aryl methyl sites for hydroxylation is 2. The second-order valence-corrected chi connectivity index (χ2v) is 7.87. The summed E-state index contributed by atoms with van der Waals surface area (Å²) < 4.78 is 7.57. The van der Waals surface area contributed by atoms with E-state index < -0.39 is 0 Å². The summed E-state index contributed by atoms with van der Waals surface area (Å²) in [5.74, 6) is 0.927. The average Bonchev–Trinajstić information content (AvgIpc) is 3.12. The topological polar surface area (TPSA) is 87.3 Å². The fourth-order valence-corrected chi connectivity index (χ4v) is 4.44. The van der Waals surface area contributed by atoms with E-state index in [-0.39, 0.29) is 24.6 Å². The van der Waals surface area contributed by atoms with Gasteiger partial charge in [0, 0.05) is 49.7 Å². The second-order valence-electron chi connectivity index (χ2n) is 7.87. The number of amides is 1. The van der Waals surface area contributed by atoms with Gasteiger partial charge in [0.05, 0.1) is 17.9 Å². The van der Waals surface area contributed by atoms with Crippen molar-refractivity contribution >= 4 is 11.7 Å². The first-order valence-corrected chi connectivity index (χ1v) is 9.97. The Morgan fingerprint density at radius 2 is 2.00 bits per heavy atom. The number of likely N-dealkylation sites (tertiary alicyclic amines) is 1. The van der Waals surface area contributed by atoms with Gasteiger partial charge in [0.1, 0.15) is 18.5 Å². The third kappa shape index (κ3) is 3.70. The van der Waals surface area contributed by atoms with Gasteiger partial charge in [-0.25, -0.2) is 4.98 Å². The van der Waals surface area contributed by atoms with Crippen LogP contribution in [-0.2, 0) is 23.2 Å². The maximum atomic E-state index is 12.7. The molecule has 8 nitrogen and oxygen atoms in total. The molecule has 2 aliphatic heterocycles. The van der Waals surface area contributed by atoms with Crippen molar-refractivity contribution in [3.05, 3.63) is 40.8 Å². The number of anilines is 1. The van der Waals surface area contributed by atoms with E-state index in [1.807, 2.05) is 36.5 Å². The van der Waals surface area contributed by atoms with Crippen LogP contribution in [0.15, 0.2) is 18.3 Å². The average molecular weight is 394 g/mol. The highest BCUT2D eigenvalue weighted by atomic mass is 16.5. The minimum Gasteiger partial charge on any atom is -0.367 e. The highest BCUT2D eigenvalue weighted by Crippen LogP contribution is 2.33. The Kier molecular flexibility index (Phi) is 5.24. The summed E-state index contributed by atoms with van der Waals surface area (Å²) in [6, 6.07) is 6.34. The largest absolute Gasteiger partial charge is 0.367 e. The second kappa shape index (κ2) is 7.84. The zero-order chi connectivity index (χ0) is 20.5.